The Morgan fingerprint density at radius 2 is 2.03 bits per heavy atom. The van der Waals surface area contributed by atoms with Gasteiger partial charge in [-0.05, 0) is 62.4 Å². The van der Waals surface area contributed by atoms with Crippen LogP contribution in [0.1, 0.15) is 47.6 Å². The van der Waals surface area contributed by atoms with Crippen molar-refractivity contribution in [2.75, 3.05) is 16.9 Å². The highest BCUT2D eigenvalue weighted by molar-refractivity contribution is 6.04. The van der Waals surface area contributed by atoms with Crippen LogP contribution >= 0.6 is 0 Å². The monoisotopic (exact) mass is 427 g/mol. The molecule has 0 atom stereocenters. The van der Waals surface area contributed by atoms with Gasteiger partial charge in [0, 0.05) is 35.1 Å². The second-order valence-corrected chi connectivity index (χ2v) is 8.79. The van der Waals surface area contributed by atoms with Crippen LogP contribution in [0.2, 0.25) is 0 Å². The van der Waals surface area contributed by atoms with Crippen LogP contribution in [0.25, 0.3) is 11.5 Å². The molecule has 8 nitrogen and oxygen atoms in total. The molecule has 0 spiro atoms. The van der Waals surface area contributed by atoms with Gasteiger partial charge in [0.2, 0.25) is 0 Å². The van der Waals surface area contributed by atoms with E-state index in [-0.39, 0.29) is 5.91 Å². The van der Waals surface area contributed by atoms with Crippen molar-refractivity contribution in [1.29, 1.82) is 0 Å². The molecule has 8 heteroatoms. The quantitative estimate of drug-likeness (QED) is 0.621. The number of hydrogen-bond donors (Lipinski definition) is 2. The van der Waals surface area contributed by atoms with E-state index < -0.39 is 0 Å². The molecule has 1 amide bonds. The number of nitrogens with zero attached hydrogens (tertiary/aromatic N) is 5. The van der Waals surface area contributed by atoms with Gasteiger partial charge in [-0.15, -0.1) is 10.2 Å². The Balaban J connectivity index is 1.24. The number of hydrogen-bond acceptors (Lipinski definition) is 6. The summed E-state index contributed by atoms with van der Waals surface area (Å²) in [6.45, 7) is 2.82. The van der Waals surface area contributed by atoms with Crippen molar-refractivity contribution in [2.24, 2.45) is 5.92 Å². The van der Waals surface area contributed by atoms with E-state index in [1.54, 1.807) is 12.4 Å². The number of rotatable bonds is 6. The highest BCUT2D eigenvalue weighted by Crippen LogP contribution is 2.41. The molecule has 3 aliphatic rings. The highest BCUT2D eigenvalue weighted by Gasteiger charge is 2.33. The van der Waals surface area contributed by atoms with Crippen LogP contribution in [0.3, 0.4) is 0 Å². The SMILES string of the molecule is Cc1ccc(C(=O)Nc2cccc(-c3nncn3C3CC3)n2)cc1N1CNC=C1C1CC1. The summed E-state index contributed by atoms with van der Waals surface area (Å²) in [6, 6.07) is 11.9. The third-order valence-corrected chi connectivity index (χ3v) is 6.30. The standard InChI is InChI=1S/C24H25N7O/c1-15-5-6-17(11-20(15)31-13-25-12-21(31)16-7-8-16)24(32)28-22-4-2-3-19(27-22)23-29-26-14-30(23)18-9-10-18/h2-6,11-12,14,16,18,25H,7-10,13H2,1H3,(H,27,28,32). The topological polar surface area (TPSA) is 88.0 Å². The third-order valence-electron chi connectivity index (χ3n) is 6.30. The summed E-state index contributed by atoms with van der Waals surface area (Å²) in [5, 5.41) is 14.6. The average molecular weight is 428 g/mol. The molecule has 3 aromatic rings. The summed E-state index contributed by atoms with van der Waals surface area (Å²) >= 11 is 0. The Kier molecular flexibility index (Phi) is 4.45. The van der Waals surface area contributed by atoms with E-state index >= 15 is 0 Å². The Hall–Kier alpha value is -3.68. The molecule has 0 saturated heterocycles. The van der Waals surface area contributed by atoms with Crippen molar-refractivity contribution in [3.63, 3.8) is 0 Å². The largest absolute Gasteiger partial charge is 0.372 e. The predicted octanol–water partition coefficient (Wildman–Crippen LogP) is 3.85. The zero-order valence-electron chi connectivity index (χ0n) is 18.0. The number of pyridine rings is 1. The molecule has 3 heterocycles. The van der Waals surface area contributed by atoms with E-state index in [4.69, 9.17) is 0 Å². The lowest BCUT2D eigenvalue weighted by molar-refractivity contribution is 0.102. The minimum atomic E-state index is -0.177. The number of aryl methyl sites for hydroxylation is 1. The van der Waals surface area contributed by atoms with E-state index in [0.29, 0.717) is 29.0 Å². The zero-order chi connectivity index (χ0) is 21.7. The van der Waals surface area contributed by atoms with Crippen LogP contribution < -0.4 is 15.5 Å². The first-order valence-corrected chi connectivity index (χ1v) is 11.2. The van der Waals surface area contributed by atoms with Crippen LogP contribution in [-0.4, -0.2) is 32.3 Å². The number of carbonyl (C=O) groups is 1. The number of amides is 1. The minimum Gasteiger partial charge on any atom is -0.372 e. The molecule has 1 aliphatic heterocycles. The summed E-state index contributed by atoms with van der Waals surface area (Å²) in [4.78, 5) is 20.0. The van der Waals surface area contributed by atoms with Crippen molar-refractivity contribution in [3.05, 3.63) is 65.7 Å². The smallest absolute Gasteiger partial charge is 0.256 e. The van der Waals surface area contributed by atoms with Gasteiger partial charge in [0.1, 0.15) is 17.8 Å². The summed E-state index contributed by atoms with van der Waals surface area (Å²) in [5.41, 5.74) is 4.86. The molecule has 32 heavy (non-hydrogen) atoms. The number of nitrogens with one attached hydrogen (secondary N) is 2. The van der Waals surface area contributed by atoms with E-state index in [1.165, 1.54) is 18.5 Å². The molecule has 2 aliphatic carbocycles. The fourth-order valence-electron chi connectivity index (χ4n) is 4.26. The molecule has 1 aromatic carbocycles. The van der Waals surface area contributed by atoms with Gasteiger partial charge >= 0.3 is 0 Å². The predicted molar refractivity (Wildman–Crippen MR) is 122 cm³/mol. The average Bonchev–Trinajstić information content (AvgIpc) is 3.74. The number of aromatic nitrogens is 4. The Labute approximate surface area is 186 Å². The van der Waals surface area contributed by atoms with Gasteiger partial charge in [-0.25, -0.2) is 4.98 Å². The molecular weight excluding hydrogens is 402 g/mol. The molecule has 162 valence electrons. The fraction of sp³-hybridized carbons (Fsp3) is 0.333. The van der Waals surface area contributed by atoms with Crippen molar-refractivity contribution in [1.82, 2.24) is 25.1 Å². The Morgan fingerprint density at radius 3 is 2.84 bits per heavy atom. The van der Waals surface area contributed by atoms with Crippen molar-refractivity contribution < 1.29 is 4.79 Å². The normalized spacial score (nSPS) is 17.8. The molecule has 2 saturated carbocycles. The van der Waals surface area contributed by atoms with Gasteiger partial charge in [-0.2, -0.15) is 0 Å². The maximum absolute atomic E-state index is 13.1. The molecule has 2 N–H and O–H groups in total. The van der Waals surface area contributed by atoms with Gasteiger partial charge in [-0.1, -0.05) is 12.1 Å². The fourth-order valence-corrected chi connectivity index (χ4v) is 4.26. The van der Waals surface area contributed by atoms with Gasteiger partial charge in [-0.3, -0.25) is 4.79 Å². The maximum Gasteiger partial charge on any atom is 0.256 e. The molecule has 2 aromatic heterocycles. The molecule has 6 rings (SSSR count). The second-order valence-electron chi connectivity index (χ2n) is 8.79. The summed E-state index contributed by atoms with van der Waals surface area (Å²) < 4.78 is 2.06. The lowest BCUT2D eigenvalue weighted by atomic mass is 10.1. The van der Waals surface area contributed by atoms with Crippen molar-refractivity contribution >= 4 is 17.4 Å². The summed E-state index contributed by atoms with van der Waals surface area (Å²) in [7, 11) is 0. The number of anilines is 2. The zero-order valence-corrected chi connectivity index (χ0v) is 18.0. The van der Waals surface area contributed by atoms with E-state index in [9.17, 15) is 4.79 Å². The van der Waals surface area contributed by atoms with Crippen LogP contribution in [0, 0.1) is 12.8 Å². The van der Waals surface area contributed by atoms with E-state index in [1.807, 2.05) is 30.3 Å². The Bertz CT molecular complexity index is 1220. The summed E-state index contributed by atoms with van der Waals surface area (Å²) in [6.07, 6.45) is 8.62. The van der Waals surface area contributed by atoms with Crippen LogP contribution in [-0.2, 0) is 0 Å². The van der Waals surface area contributed by atoms with Crippen LogP contribution in [0.15, 0.2) is 54.6 Å². The second kappa shape index (κ2) is 7.47. The third kappa shape index (κ3) is 3.51. The first-order chi connectivity index (χ1) is 15.7. The Morgan fingerprint density at radius 1 is 1.16 bits per heavy atom. The van der Waals surface area contributed by atoms with Crippen LogP contribution in [0.5, 0.6) is 0 Å². The molecule has 2 fully saturated rings. The number of benzene rings is 1. The maximum atomic E-state index is 13.1. The highest BCUT2D eigenvalue weighted by atomic mass is 16.1. The van der Waals surface area contributed by atoms with Gasteiger partial charge in [0.05, 0.1) is 6.67 Å². The van der Waals surface area contributed by atoms with Crippen LogP contribution in [0.4, 0.5) is 11.5 Å². The number of carbonyl (C=O) groups excluding carboxylic acids is 1. The van der Waals surface area contributed by atoms with Gasteiger partial charge in [0.25, 0.3) is 5.91 Å². The van der Waals surface area contributed by atoms with Gasteiger partial charge < -0.3 is 20.1 Å². The van der Waals surface area contributed by atoms with Crippen molar-refractivity contribution in [3.8, 4) is 11.5 Å². The molecular formula is C24H25N7O. The van der Waals surface area contributed by atoms with E-state index in [2.05, 4.69) is 48.4 Å². The lowest BCUT2D eigenvalue weighted by Crippen LogP contribution is -2.25. The first kappa shape index (κ1) is 19.0. The first-order valence-electron chi connectivity index (χ1n) is 11.2. The number of allylic oxidation sites excluding steroid dienone is 1. The summed E-state index contributed by atoms with van der Waals surface area (Å²) in [5.74, 6) is 1.69. The van der Waals surface area contributed by atoms with E-state index in [0.717, 1.165) is 36.6 Å². The minimum absolute atomic E-state index is 0.177. The molecule has 0 radical (unpaired) electrons. The molecule has 0 unspecified atom stereocenters. The lowest BCUT2D eigenvalue weighted by Gasteiger charge is -2.24. The molecule has 0 bridgehead atoms. The van der Waals surface area contributed by atoms with Gasteiger partial charge in [0.15, 0.2) is 5.82 Å². The van der Waals surface area contributed by atoms with Crippen molar-refractivity contribution in [2.45, 2.75) is 38.6 Å².